The number of ketones is 2. The van der Waals surface area contributed by atoms with Crippen molar-refractivity contribution in [2.75, 3.05) is 43.7 Å². The summed E-state index contributed by atoms with van der Waals surface area (Å²) in [6.45, 7) is 1.27. The second-order valence-electron chi connectivity index (χ2n) is 10.9. The highest BCUT2D eigenvalue weighted by Gasteiger charge is 2.21. The van der Waals surface area contributed by atoms with Gasteiger partial charge in [0, 0.05) is 56.4 Å². The largest absolute Gasteiger partial charge is 0.491 e. The molecule has 1 amide bonds. The number of hydrogen-bond acceptors (Lipinski definition) is 11. The lowest BCUT2D eigenvalue weighted by Gasteiger charge is -2.17. The molecule has 5 N–H and O–H groups in total. The fraction of sp³-hybridized carbons (Fsp3) is 0.412. The van der Waals surface area contributed by atoms with Gasteiger partial charge in [0.1, 0.15) is 24.0 Å². The van der Waals surface area contributed by atoms with E-state index < -0.39 is 17.8 Å². The van der Waals surface area contributed by atoms with Gasteiger partial charge in [-0.1, -0.05) is 24.3 Å². The summed E-state index contributed by atoms with van der Waals surface area (Å²) in [5.41, 5.74) is 7.66. The predicted molar refractivity (Wildman–Crippen MR) is 181 cm³/mol. The van der Waals surface area contributed by atoms with Crippen LogP contribution >= 0.6 is 11.8 Å². The number of benzene rings is 2. The number of methoxy groups -OCH3 is 1. The van der Waals surface area contributed by atoms with Crippen LogP contribution in [0.3, 0.4) is 0 Å². The zero-order valence-corrected chi connectivity index (χ0v) is 27.7. The van der Waals surface area contributed by atoms with Crippen molar-refractivity contribution in [3.8, 4) is 5.75 Å². The zero-order chi connectivity index (χ0) is 34.7. The Hall–Kier alpha value is -4.40. The van der Waals surface area contributed by atoms with Crippen molar-refractivity contribution in [3.63, 3.8) is 0 Å². The van der Waals surface area contributed by atoms with E-state index in [-0.39, 0.29) is 61.1 Å². The molecule has 0 saturated carbocycles. The number of carboxylic acid groups (broad SMARTS) is 1. The molecular formula is C34H42FN5O7S. The van der Waals surface area contributed by atoms with E-state index in [1.165, 1.54) is 11.8 Å². The number of carbonyl (C=O) groups excluding carboxylic acids is 3. The Morgan fingerprint density at radius 1 is 1.02 bits per heavy atom. The Kier molecular flexibility index (Phi) is 16.5. The van der Waals surface area contributed by atoms with E-state index in [0.717, 1.165) is 17.3 Å². The number of anilines is 2. The van der Waals surface area contributed by atoms with E-state index in [2.05, 4.69) is 20.6 Å². The van der Waals surface area contributed by atoms with Crippen LogP contribution < -0.4 is 21.1 Å². The van der Waals surface area contributed by atoms with Gasteiger partial charge in [0.15, 0.2) is 17.4 Å². The van der Waals surface area contributed by atoms with Crippen LogP contribution in [-0.2, 0) is 36.8 Å². The van der Waals surface area contributed by atoms with Gasteiger partial charge in [-0.3, -0.25) is 19.2 Å². The molecule has 0 bridgehead atoms. The van der Waals surface area contributed by atoms with Crippen molar-refractivity contribution in [2.24, 2.45) is 5.73 Å². The van der Waals surface area contributed by atoms with E-state index in [1.54, 1.807) is 31.4 Å². The van der Waals surface area contributed by atoms with Gasteiger partial charge in [-0.15, -0.1) is 0 Å². The third kappa shape index (κ3) is 14.2. The van der Waals surface area contributed by atoms with E-state index in [9.17, 15) is 23.6 Å². The van der Waals surface area contributed by atoms with Crippen molar-refractivity contribution >= 4 is 46.7 Å². The Balaban J connectivity index is 1.51. The fourth-order valence-corrected chi connectivity index (χ4v) is 5.50. The summed E-state index contributed by atoms with van der Waals surface area (Å²) in [5.74, 6) is -0.649. The van der Waals surface area contributed by atoms with Crippen LogP contribution in [0.2, 0.25) is 0 Å². The standard InChI is InChI=1S/C34H42FN5O7S/c1-46-15-16-47-27-9-7-23(8-10-27)20-31-37-21-28(35)34(40-31)38-25-5-2-4-24(18-25)19-26(41)13-17-48-22-29(30(42)11-12-33(44)45)39-32(43)6-3-14-36/h2,4-5,7-10,18,21,29H,3,6,11-17,19-20,22,36H2,1H3,(H,39,43)(H,44,45)(H,37,38,40)/t29-/m0/s1. The van der Waals surface area contributed by atoms with Gasteiger partial charge in [0.2, 0.25) is 5.91 Å². The molecule has 0 fully saturated rings. The number of aliphatic carboxylic acids is 1. The topological polar surface area (TPSA) is 183 Å². The number of amides is 1. The Bertz CT molecular complexity index is 1510. The van der Waals surface area contributed by atoms with Crippen molar-refractivity contribution in [2.45, 2.75) is 51.0 Å². The molecular weight excluding hydrogens is 641 g/mol. The van der Waals surface area contributed by atoms with Crippen LogP contribution in [0.15, 0.2) is 54.7 Å². The van der Waals surface area contributed by atoms with Crippen molar-refractivity contribution in [3.05, 3.63) is 77.5 Å². The van der Waals surface area contributed by atoms with Crippen LogP contribution in [0.4, 0.5) is 15.9 Å². The van der Waals surface area contributed by atoms with Gasteiger partial charge in [-0.05, 0) is 48.4 Å². The number of nitrogens with two attached hydrogens (primary N) is 1. The van der Waals surface area contributed by atoms with Crippen molar-refractivity contribution in [1.29, 1.82) is 0 Å². The highest BCUT2D eigenvalue weighted by atomic mass is 32.2. The van der Waals surface area contributed by atoms with E-state index in [0.29, 0.717) is 55.6 Å². The van der Waals surface area contributed by atoms with Gasteiger partial charge < -0.3 is 30.9 Å². The molecule has 14 heteroatoms. The molecule has 0 spiro atoms. The number of hydrogen-bond donors (Lipinski definition) is 4. The molecule has 1 atom stereocenters. The molecule has 0 aliphatic rings. The highest BCUT2D eigenvalue weighted by Crippen LogP contribution is 2.21. The number of nitrogens with one attached hydrogen (secondary N) is 2. The number of Topliss-reactive ketones (excluding diaryl/α,β-unsaturated/α-hetero) is 2. The number of carbonyl (C=O) groups is 4. The molecule has 3 rings (SSSR count). The van der Waals surface area contributed by atoms with E-state index >= 15 is 0 Å². The first-order valence-electron chi connectivity index (χ1n) is 15.6. The number of ether oxygens (including phenoxy) is 2. The summed E-state index contributed by atoms with van der Waals surface area (Å²) in [7, 11) is 1.61. The average molecular weight is 684 g/mol. The van der Waals surface area contributed by atoms with Gasteiger partial charge >= 0.3 is 5.97 Å². The molecule has 48 heavy (non-hydrogen) atoms. The van der Waals surface area contributed by atoms with Gasteiger partial charge in [0.25, 0.3) is 0 Å². The number of nitrogens with zero attached hydrogens (tertiary/aromatic N) is 2. The summed E-state index contributed by atoms with van der Waals surface area (Å²) in [5, 5.41) is 14.6. The molecule has 0 aliphatic heterocycles. The van der Waals surface area contributed by atoms with Crippen LogP contribution in [0.25, 0.3) is 0 Å². The Morgan fingerprint density at radius 2 is 1.81 bits per heavy atom. The fourth-order valence-electron chi connectivity index (χ4n) is 4.45. The molecule has 2 aromatic carbocycles. The summed E-state index contributed by atoms with van der Waals surface area (Å²) in [6, 6.07) is 13.7. The minimum absolute atomic E-state index is 0.0157. The highest BCUT2D eigenvalue weighted by molar-refractivity contribution is 7.99. The summed E-state index contributed by atoms with van der Waals surface area (Å²) < 4.78 is 25.2. The molecule has 0 aliphatic carbocycles. The predicted octanol–water partition coefficient (Wildman–Crippen LogP) is 3.87. The summed E-state index contributed by atoms with van der Waals surface area (Å²) in [4.78, 5) is 56.8. The maximum absolute atomic E-state index is 14.6. The number of rotatable bonds is 23. The maximum atomic E-state index is 14.6. The third-order valence-corrected chi connectivity index (χ3v) is 8.02. The first-order chi connectivity index (χ1) is 23.2. The molecule has 0 radical (unpaired) electrons. The van der Waals surface area contributed by atoms with Crippen LogP contribution in [-0.4, -0.2) is 82.9 Å². The maximum Gasteiger partial charge on any atom is 0.303 e. The molecule has 3 aromatic rings. The van der Waals surface area contributed by atoms with Crippen molar-refractivity contribution < 1.29 is 38.1 Å². The molecule has 0 unspecified atom stereocenters. The lowest BCUT2D eigenvalue weighted by molar-refractivity contribution is -0.138. The average Bonchev–Trinajstić information content (AvgIpc) is 3.06. The second kappa shape index (κ2) is 20.8. The minimum atomic E-state index is -1.09. The zero-order valence-electron chi connectivity index (χ0n) is 26.9. The van der Waals surface area contributed by atoms with Gasteiger partial charge in [-0.25, -0.2) is 14.4 Å². The number of thioether (sulfide) groups is 1. The molecule has 12 nitrogen and oxygen atoms in total. The number of halogens is 1. The molecule has 258 valence electrons. The second-order valence-corrected chi connectivity index (χ2v) is 12.0. The van der Waals surface area contributed by atoms with Crippen LogP contribution in [0.5, 0.6) is 5.75 Å². The Morgan fingerprint density at radius 3 is 2.54 bits per heavy atom. The monoisotopic (exact) mass is 683 g/mol. The number of carboxylic acids is 1. The van der Waals surface area contributed by atoms with Crippen molar-refractivity contribution in [1.82, 2.24) is 15.3 Å². The van der Waals surface area contributed by atoms with E-state index in [4.69, 9.17) is 20.3 Å². The third-order valence-electron chi connectivity index (χ3n) is 6.95. The Labute approximate surface area is 283 Å². The SMILES string of the molecule is COCCOc1ccc(Cc2ncc(F)c(Nc3cccc(CC(=O)CCSC[C@H](NC(=O)CCCN)C(=O)CCC(=O)O)c3)n2)cc1. The normalized spacial score (nSPS) is 11.5. The van der Waals surface area contributed by atoms with E-state index in [1.807, 2.05) is 24.3 Å². The smallest absolute Gasteiger partial charge is 0.303 e. The first kappa shape index (κ1) is 38.1. The number of aromatic nitrogens is 2. The first-order valence-corrected chi connectivity index (χ1v) is 16.7. The lowest BCUT2D eigenvalue weighted by Crippen LogP contribution is -2.43. The quantitative estimate of drug-likeness (QED) is 0.106. The lowest BCUT2D eigenvalue weighted by atomic mass is 10.1. The van der Waals surface area contributed by atoms with Crippen LogP contribution in [0.1, 0.15) is 49.1 Å². The molecule has 1 heterocycles. The van der Waals surface area contributed by atoms with Gasteiger partial charge in [-0.2, -0.15) is 11.8 Å². The van der Waals surface area contributed by atoms with Gasteiger partial charge in [0.05, 0.1) is 25.3 Å². The van der Waals surface area contributed by atoms with Crippen LogP contribution in [0, 0.1) is 5.82 Å². The summed E-state index contributed by atoms with van der Waals surface area (Å²) in [6.07, 6.45) is 2.00. The minimum Gasteiger partial charge on any atom is -0.491 e. The molecule has 1 aromatic heterocycles. The molecule has 0 saturated heterocycles. The summed E-state index contributed by atoms with van der Waals surface area (Å²) >= 11 is 1.33.